The minimum absolute atomic E-state index is 0.0968. The van der Waals surface area contributed by atoms with Gasteiger partial charge in [0.25, 0.3) is 5.91 Å². The Labute approximate surface area is 123 Å². The van der Waals surface area contributed by atoms with Crippen LogP contribution in [0.1, 0.15) is 41.0 Å². The summed E-state index contributed by atoms with van der Waals surface area (Å²) in [6, 6.07) is 2.49. The molecule has 2 N–H and O–H groups in total. The lowest BCUT2D eigenvalue weighted by Crippen LogP contribution is -2.30. The predicted molar refractivity (Wildman–Crippen MR) is 80.4 cm³/mol. The fourth-order valence-electron chi connectivity index (χ4n) is 2.89. The minimum atomic E-state index is -0.0968. The second-order valence-corrected chi connectivity index (χ2v) is 5.67. The standard InChI is InChI=1S/C15H21N5O/c1-10-8-11(2)20-14(19-10)13(9-18-20)15(21)17-7-5-12-4-3-6-16-12/h8-9,12,16H,3-7H2,1-2H3,(H,17,21)/t12-/m1/s1. The van der Waals surface area contributed by atoms with Crippen LogP contribution in [0.15, 0.2) is 12.3 Å². The molecule has 0 aromatic carbocycles. The number of carbonyl (C=O) groups excluding carboxylic acids is 1. The topological polar surface area (TPSA) is 71.3 Å². The molecule has 1 aliphatic rings. The van der Waals surface area contributed by atoms with E-state index in [2.05, 4.69) is 20.7 Å². The highest BCUT2D eigenvalue weighted by atomic mass is 16.1. The first-order valence-corrected chi connectivity index (χ1v) is 7.49. The number of nitrogens with zero attached hydrogens (tertiary/aromatic N) is 3. The summed E-state index contributed by atoms with van der Waals surface area (Å²) in [5.74, 6) is -0.0968. The van der Waals surface area contributed by atoms with E-state index >= 15 is 0 Å². The Morgan fingerprint density at radius 2 is 2.38 bits per heavy atom. The first-order chi connectivity index (χ1) is 10.1. The number of amides is 1. The summed E-state index contributed by atoms with van der Waals surface area (Å²) in [6.45, 7) is 5.66. The molecule has 1 fully saturated rings. The van der Waals surface area contributed by atoms with Gasteiger partial charge in [-0.3, -0.25) is 4.79 Å². The Morgan fingerprint density at radius 3 is 3.14 bits per heavy atom. The van der Waals surface area contributed by atoms with Crippen molar-refractivity contribution in [3.8, 4) is 0 Å². The molecule has 0 spiro atoms. The summed E-state index contributed by atoms with van der Waals surface area (Å²) in [7, 11) is 0. The Bertz CT molecular complexity index is 657. The molecule has 0 aliphatic carbocycles. The second kappa shape index (κ2) is 5.81. The summed E-state index contributed by atoms with van der Waals surface area (Å²) >= 11 is 0. The van der Waals surface area contributed by atoms with Gasteiger partial charge in [-0.15, -0.1) is 0 Å². The van der Waals surface area contributed by atoms with E-state index in [4.69, 9.17) is 0 Å². The number of aryl methyl sites for hydroxylation is 2. The van der Waals surface area contributed by atoms with Crippen LogP contribution in [-0.4, -0.2) is 39.6 Å². The van der Waals surface area contributed by atoms with Crippen LogP contribution in [-0.2, 0) is 0 Å². The van der Waals surface area contributed by atoms with Crippen LogP contribution in [0.5, 0.6) is 0 Å². The Kier molecular flexibility index (Phi) is 3.88. The molecule has 2 aromatic heterocycles. The molecular weight excluding hydrogens is 266 g/mol. The van der Waals surface area contributed by atoms with Crippen molar-refractivity contribution >= 4 is 11.6 Å². The first kappa shape index (κ1) is 14.0. The zero-order valence-electron chi connectivity index (χ0n) is 12.5. The van der Waals surface area contributed by atoms with Crippen LogP contribution in [0, 0.1) is 13.8 Å². The van der Waals surface area contributed by atoms with E-state index in [9.17, 15) is 4.79 Å². The van der Waals surface area contributed by atoms with Gasteiger partial charge in [0, 0.05) is 24.0 Å². The number of rotatable bonds is 4. The van der Waals surface area contributed by atoms with Gasteiger partial charge < -0.3 is 10.6 Å². The zero-order chi connectivity index (χ0) is 14.8. The fraction of sp³-hybridized carbons (Fsp3) is 0.533. The van der Waals surface area contributed by atoms with E-state index in [1.165, 1.54) is 12.8 Å². The van der Waals surface area contributed by atoms with Crippen LogP contribution < -0.4 is 10.6 Å². The lowest BCUT2D eigenvalue weighted by atomic mass is 10.1. The molecule has 6 nitrogen and oxygen atoms in total. The molecule has 1 atom stereocenters. The monoisotopic (exact) mass is 287 g/mol. The quantitative estimate of drug-likeness (QED) is 0.887. The van der Waals surface area contributed by atoms with Crippen molar-refractivity contribution in [3.05, 3.63) is 29.2 Å². The highest BCUT2D eigenvalue weighted by molar-refractivity contribution is 5.99. The van der Waals surface area contributed by atoms with E-state index in [1.54, 1.807) is 10.7 Å². The van der Waals surface area contributed by atoms with Gasteiger partial charge >= 0.3 is 0 Å². The number of carbonyl (C=O) groups is 1. The van der Waals surface area contributed by atoms with E-state index < -0.39 is 0 Å². The molecule has 0 unspecified atom stereocenters. The van der Waals surface area contributed by atoms with Crippen molar-refractivity contribution in [3.63, 3.8) is 0 Å². The van der Waals surface area contributed by atoms with Crippen LogP contribution in [0.25, 0.3) is 5.65 Å². The lowest BCUT2D eigenvalue weighted by molar-refractivity contribution is 0.0954. The molecule has 112 valence electrons. The zero-order valence-corrected chi connectivity index (χ0v) is 12.5. The molecular formula is C15H21N5O. The third kappa shape index (κ3) is 2.90. The van der Waals surface area contributed by atoms with Gasteiger partial charge in [0.1, 0.15) is 5.56 Å². The average Bonchev–Trinajstić information content (AvgIpc) is 3.07. The SMILES string of the molecule is Cc1cc(C)n2ncc(C(=O)NCC[C@H]3CCCN3)c2n1. The maximum Gasteiger partial charge on any atom is 0.256 e. The van der Waals surface area contributed by atoms with Gasteiger partial charge in [-0.1, -0.05) is 0 Å². The average molecular weight is 287 g/mol. The van der Waals surface area contributed by atoms with Gasteiger partial charge in [0.15, 0.2) is 5.65 Å². The van der Waals surface area contributed by atoms with Crippen LogP contribution in [0.3, 0.4) is 0 Å². The number of hydrogen-bond acceptors (Lipinski definition) is 4. The van der Waals surface area contributed by atoms with Gasteiger partial charge in [-0.25, -0.2) is 9.50 Å². The normalized spacial score (nSPS) is 18.3. The molecule has 0 saturated carbocycles. The van der Waals surface area contributed by atoms with Gasteiger partial charge in [0.05, 0.1) is 6.20 Å². The van der Waals surface area contributed by atoms with E-state index in [1.807, 2.05) is 19.9 Å². The van der Waals surface area contributed by atoms with E-state index in [0.717, 1.165) is 24.4 Å². The van der Waals surface area contributed by atoms with Crippen molar-refractivity contribution < 1.29 is 4.79 Å². The number of fused-ring (bicyclic) bond motifs is 1. The Hall–Kier alpha value is -1.95. The summed E-state index contributed by atoms with van der Waals surface area (Å²) in [5, 5.41) is 10.6. The smallest absolute Gasteiger partial charge is 0.256 e. The van der Waals surface area contributed by atoms with Crippen molar-refractivity contribution in [2.45, 2.75) is 39.2 Å². The maximum absolute atomic E-state index is 12.3. The predicted octanol–water partition coefficient (Wildman–Crippen LogP) is 1.22. The van der Waals surface area contributed by atoms with Crippen molar-refractivity contribution in [2.24, 2.45) is 0 Å². The largest absolute Gasteiger partial charge is 0.352 e. The van der Waals surface area contributed by atoms with Crippen molar-refractivity contribution in [1.82, 2.24) is 25.2 Å². The number of hydrogen-bond donors (Lipinski definition) is 2. The molecule has 6 heteroatoms. The van der Waals surface area contributed by atoms with Crippen LogP contribution in [0.4, 0.5) is 0 Å². The molecule has 0 bridgehead atoms. The number of nitrogens with one attached hydrogen (secondary N) is 2. The molecule has 3 rings (SSSR count). The fourth-order valence-corrected chi connectivity index (χ4v) is 2.89. The lowest BCUT2D eigenvalue weighted by Gasteiger charge is -2.10. The first-order valence-electron chi connectivity index (χ1n) is 7.49. The highest BCUT2D eigenvalue weighted by Crippen LogP contribution is 2.12. The molecule has 1 saturated heterocycles. The highest BCUT2D eigenvalue weighted by Gasteiger charge is 2.17. The third-order valence-corrected chi connectivity index (χ3v) is 3.96. The Morgan fingerprint density at radius 1 is 1.52 bits per heavy atom. The number of aromatic nitrogens is 3. The summed E-state index contributed by atoms with van der Waals surface area (Å²) in [4.78, 5) is 16.7. The molecule has 1 aliphatic heterocycles. The van der Waals surface area contributed by atoms with Crippen molar-refractivity contribution in [2.75, 3.05) is 13.1 Å². The summed E-state index contributed by atoms with van der Waals surface area (Å²) in [5.41, 5.74) is 3.04. The van der Waals surface area contributed by atoms with Crippen LogP contribution >= 0.6 is 0 Å². The second-order valence-electron chi connectivity index (χ2n) is 5.67. The summed E-state index contributed by atoms with van der Waals surface area (Å²) < 4.78 is 1.71. The maximum atomic E-state index is 12.3. The van der Waals surface area contributed by atoms with E-state index in [0.29, 0.717) is 23.8 Å². The molecule has 1 amide bonds. The van der Waals surface area contributed by atoms with Gasteiger partial charge in [0.2, 0.25) is 0 Å². The molecule has 2 aromatic rings. The van der Waals surface area contributed by atoms with Gasteiger partial charge in [-0.05, 0) is 45.7 Å². The van der Waals surface area contributed by atoms with E-state index in [-0.39, 0.29) is 5.91 Å². The van der Waals surface area contributed by atoms with Crippen LogP contribution in [0.2, 0.25) is 0 Å². The molecule has 0 radical (unpaired) electrons. The Balaban J connectivity index is 1.69. The molecule has 3 heterocycles. The molecule has 21 heavy (non-hydrogen) atoms. The third-order valence-electron chi connectivity index (χ3n) is 3.96. The van der Waals surface area contributed by atoms with Crippen molar-refractivity contribution in [1.29, 1.82) is 0 Å². The van der Waals surface area contributed by atoms with Gasteiger partial charge in [-0.2, -0.15) is 5.10 Å². The summed E-state index contributed by atoms with van der Waals surface area (Å²) in [6.07, 6.45) is 5.00. The minimum Gasteiger partial charge on any atom is -0.352 e.